The van der Waals surface area contributed by atoms with Gasteiger partial charge in [-0.2, -0.15) is 0 Å². The van der Waals surface area contributed by atoms with Crippen molar-refractivity contribution in [2.75, 3.05) is 5.75 Å². The van der Waals surface area contributed by atoms with E-state index in [4.69, 9.17) is 4.98 Å². The minimum atomic E-state index is -0.354. The molecule has 0 aliphatic carbocycles. The van der Waals surface area contributed by atoms with Crippen LogP contribution in [0.25, 0.3) is 11.2 Å². The maximum Gasteiger partial charge on any atom is 0.332 e. The Morgan fingerprint density at radius 3 is 2.10 bits per heavy atom. The second kappa shape index (κ2) is 9.39. The van der Waals surface area contributed by atoms with Crippen molar-refractivity contribution >= 4 is 22.9 Å². The number of nitrogens with zero attached hydrogens (tertiary/aromatic N) is 4. The van der Waals surface area contributed by atoms with Gasteiger partial charge in [-0.15, -0.1) is 0 Å². The van der Waals surface area contributed by atoms with Crippen molar-refractivity contribution in [2.24, 2.45) is 14.1 Å². The first-order valence-electron chi connectivity index (χ1n) is 10.4. The van der Waals surface area contributed by atoms with Gasteiger partial charge in [-0.1, -0.05) is 72.4 Å². The average Bonchev–Trinajstić information content (AvgIpc) is 3.16. The van der Waals surface area contributed by atoms with E-state index < -0.39 is 0 Å². The molecule has 0 unspecified atom stereocenters. The van der Waals surface area contributed by atoms with Gasteiger partial charge in [0.25, 0.3) is 5.56 Å². The Hall–Kier alpha value is -3.06. The van der Waals surface area contributed by atoms with Crippen LogP contribution in [-0.4, -0.2) is 24.4 Å². The van der Waals surface area contributed by atoms with E-state index in [0.717, 1.165) is 34.7 Å². The predicted molar refractivity (Wildman–Crippen MR) is 126 cm³/mol. The molecule has 2 aromatic heterocycles. The minimum absolute atomic E-state index is 0.291. The molecule has 0 amide bonds. The maximum atomic E-state index is 12.9. The molecular weight excluding hydrogens is 408 g/mol. The molecule has 0 radical (unpaired) electrons. The van der Waals surface area contributed by atoms with Gasteiger partial charge in [0.15, 0.2) is 16.3 Å². The second-order valence-electron chi connectivity index (χ2n) is 7.60. The van der Waals surface area contributed by atoms with E-state index in [1.807, 2.05) is 41.0 Å². The molecule has 2 heterocycles. The van der Waals surface area contributed by atoms with Crippen molar-refractivity contribution in [3.63, 3.8) is 0 Å². The SMILES string of the molecule is Cn1c(=O)c2c(nc(SCCc3ccccc3)n2CCCc2ccccc2)n(C)c1=O. The Morgan fingerprint density at radius 1 is 0.839 bits per heavy atom. The number of aryl methyl sites for hydroxylation is 4. The van der Waals surface area contributed by atoms with Crippen LogP contribution >= 0.6 is 11.8 Å². The van der Waals surface area contributed by atoms with Gasteiger partial charge in [0, 0.05) is 26.4 Å². The lowest BCUT2D eigenvalue weighted by atomic mass is 10.1. The molecule has 0 aliphatic rings. The van der Waals surface area contributed by atoms with Crippen LogP contribution in [0.1, 0.15) is 17.5 Å². The van der Waals surface area contributed by atoms with Gasteiger partial charge in [-0.3, -0.25) is 13.9 Å². The third kappa shape index (κ3) is 4.51. The number of fused-ring (bicyclic) bond motifs is 1. The Kier molecular flexibility index (Phi) is 6.42. The highest BCUT2D eigenvalue weighted by Gasteiger charge is 2.19. The van der Waals surface area contributed by atoms with E-state index in [1.54, 1.807) is 18.8 Å². The molecule has 0 saturated heterocycles. The molecule has 4 rings (SSSR count). The molecule has 0 bridgehead atoms. The van der Waals surface area contributed by atoms with Crippen LogP contribution in [0, 0.1) is 0 Å². The zero-order valence-electron chi connectivity index (χ0n) is 17.8. The molecular formula is C24H26N4O2S. The van der Waals surface area contributed by atoms with Gasteiger partial charge in [-0.25, -0.2) is 9.78 Å². The number of rotatable bonds is 8. The third-order valence-electron chi connectivity index (χ3n) is 5.47. The monoisotopic (exact) mass is 434 g/mol. The summed E-state index contributed by atoms with van der Waals surface area (Å²) in [5.74, 6) is 0.848. The molecule has 0 atom stereocenters. The zero-order valence-corrected chi connectivity index (χ0v) is 18.6. The molecule has 31 heavy (non-hydrogen) atoms. The van der Waals surface area contributed by atoms with Crippen molar-refractivity contribution in [3.05, 3.63) is 92.6 Å². The molecule has 160 valence electrons. The van der Waals surface area contributed by atoms with Crippen LogP contribution in [-0.2, 0) is 33.5 Å². The fraction of sp³-hybridized carbons (Fsp3) is 0.292. The minimum Gasteiger partial charge on any atom is -0.313 e. The van der Waals surface area contributed by atoms with Gasteiger partial charge in [-0.05, 0) is 30.4 Å². The number of aromatic nitrogens is 4. The summed E-state index contributed by atoms with van der Waals surface area (Å²) >= 11 is 1.63. The Morgan fingerprint density at radius 2 is 1.45 bits per heavy atom. The highest BCUT2D eigenvalue weighted by atomic mass is 32.2. The molecule has 6 nitrogen and oxygen atoms in total. The summed E-state index contributed by atoms with van der Waals surface area (Å²) < 4.78 is 4.62. The van der Waals surface area contributed by atoms with E-state index in [-0.39, 0.29) is 11.2 Å². The summed E-state index contributed by atoms with van der Waals surface area (Å²) in [7, 11) is 3.19. The molecule has 0 saturated carbocycles. The van der Waals surface area contributed by atoms with E-state index in [0.29, 0.717) is 17.7 Å². The van der Waals surface area contributed by atoms with Crippen molar-refractivity contribution in [3.8, 4) is 0 Å². The quantitative estimate of drug-likeness (QED) is 0.399. The van der Waals surface area contributed by atoms with Crippen LogP contribution in [0.3, 0.4) is 0 Å². The summed E-state index contributed by atoms with van der Waals surface area (Å²) in [6.07, 6.45) is 2.71. The normalized spacial score (nSPS) is 11.3. The van der Waals surface area contributed by atoms with Gasteiger partial charge in [0.2, 0.25) is 0 Å². The first-order chi connectivity index (χ1) is 15.1. The maximum absolute atomic E-state index is 12.9. The fourth-order valence-corrected chi connectivity index (χ4v) is 4.74. The molecule has 7 heteroatoms. The van der Waals surface area contributed by atoms with Gasteiger partial charge < -0.3 is 4.57 Å². The predicted octanol–water partition coefficient (Wildman–Crippen LogP) is 3.40. The standard InChI is InChI=1S/C24H26N4O2S/c1-26-21-20(22(29)27(2)24(26)30)28(16-9-14-18-10-5-3-6-11-18)23(25-21)31-17-15-19-12-7-4-8-13-19/h3-8,10-13H,9,14-17H2,1-2H3. The van der Waals surface area contributed by atoms with Crippen LogP contribution in [0.5, 0.6) is 0 Å². The first kappa shape index (κ1) is 21.2. The van der Waals surface area contributed by atoms with Crippen molar-refractivity contribution in [1.29, 1.82) is 0 Å². The largest absolute Gasteiger partial charge is 0.332 e. The summed E-state index contributed by atoms with van der Waals surface area (Å²) in [5, 5.41) is 0.789. The van der Waals surface area contributed by atoms with Gasteiger partial charge in [0.1, 0.15) is 0 Å². The van der Waals surface area contributed by atoms with E-state index >= 15 is 0 Å². The topological polar surface area (TPSA) is 61.8 Å². The third-order valence-corrected chi connectivity index (χ3v) is 6.45. The van der Waals surface area contributed by atoms with Crippen molar-refractivity contribution < 1.29 is 0 Å². The van der Waals surface area contributed by atoms with Crippen LogP contribution in [0.2, 0.25) is 0 Å². The number of hydrogen-bond donors (Lipinski definition) is 0. The number of thioether (sulfide) groups is 1. The highest BCUT2D eigenvalue weighted by molar-refractivity contribution is 7.99. The highest BCUT2D eigenvalue weighted by Crippen LogP contribution is 2.23. The Bertz CT molecular complexity index is 1290. The van der Waals surface area contributed by atoms with E-state index in [9.17, 15) is 9.59 Å². The molecule has 0 fully saturated rings. The lowest BCUT2D eigenvalue weighted by Gasteiger charge is -2.10. The molecule has 0 aliphatic heterocycles. The number of benzene rings is 2. The van der Waals surface area contributed by atoms with Crippen molar-refractivity contribution in [1.82, 2.24) is 18.7 Å². The lowest BCUT2D eigenvalue weighted by molar-refractivity contribution is 0.605. The lowest BCUT2D eigenvalue weighted by Crippen LogP contribution is -2.37. The average molecular weight is 435 g/mol. The fourth-order valence-electron chi connectivity index (χ4n) is 3.73. The summed E-state index contributed by atoms with van der Waals surface area (Å²) in [5.41, 5.74) is 2.85. The molecule has 2 aromatic carbocycles. The summed E-state index contributed by atoms with van der Waals surface area (Å²) in [6.45, 7) is 0.673. The molecule has 0 N–H and O–H groups in total. The smallest absolute Gasteiger partial charge is 0.313 e. The van der Waals surface area contributed by atoms with Gasteiger partial charge >= 0.3 is 5.69 Å². The second-order valence-corrected chi connectivity index (χ2v) is 8.66. The van der Waals surface area contributed by atoms with E-state index in [1.165, 1.54) is 22.7 Å². The molecule has 4 aromatic rings. The van der Waals surface area contributed by atoms with Crippen LogP contribution in [0.15, 0.2) is 75.4 Å². The van der Waals surface area contributed by atoms with Crippen LogP contribution in [0.4, 0.5) is 0 Å². The van der Waals surface area contributed by atoms with Crippen LogP contribution < -0.4 is 11.2 Å². The summed E-state index contributed by atoms with van der Waals surface area (Å²) in [6, 6.07) is 20.6. The van der Waals surface area contributed by atoms with Crippen molar-refractivity contribution in [2.45, 2.75) is 31.0 Å². The molecule has 0 spiro atoms. The number of imidazole rings is 1. The zero-order chi connectivity index (χ0) is 21.8. The first-order valence-corrected chi connectivity index (χ1v) is 11.4. The Balaban J connectivity index is 1.63. The Labute approximate surface area is 185 Å². The summed E-state index contributed by atoms with van der Waals surface area (Å²) in [4.78, 5) is 30.0. The van der Waals surface area contributed by atoms with E-state index in [2.05, 4.69) is 24.3 Å². The number of hydrogen-bond acceptors (Lipinski definition) is 4. The van der Waals surface area contributed by atoms with Gasteiger partial charge in [0.05, 0.1) is 0 Å².